The second kappa shape index (κ2) is 8.82. The van der Waals surface area contributed by atoms with Gasteiger partial charge in [-0.3, -0.25) is 14.3 Å². The van der Waals surface area contributed by atoms with Crippen molar-refractivity contribution in [2.75, 3.05) is 11.3 Å². The lowest BCUT2D eigenvalue weighted by molar-refractivity contribution is -0.125. The molecule has 1 aliphatic heterocycles. The molecule has 1 unspecified atom stereocenters. The lowest BCUT2D eigenvalue weighted by atomic mass is 9.92. The Kier molecular flexibility index (Phi) is 5.86. The minimum atomic E-state index is -3.72. The molecule has 2 N–H and O–H groups in total. The highest BCUT2D eigenvalue weighted by Gasteiger charge is 2.36. The van der Waals surface area contributed by atoms with Gasteiger partial charge in [0.05, 0.1) is 4.90 Å². The number of rotatable bonds is 6. The summed E-state index contributed by atoms with van der Waals surface area (Å²) in [7, 11) is -3.72. The summed E-state index contributed by atoms with van der Waals surface area (Å²) in [6.07, 6.45) is 7.62. The highest BCUT2D eigenvalue weighted by atomic mass is 32.2. The number of carbonyl (C=O) groups is 2. The van der Waals surface area contributed by atoms with E-state index in [0.29, 0.717) is 24.2 Å². The fourth-order valence-electron chi connectivity index (χ4n) is 4.75. The number of anilines is 1. The van der Waals surface area contributed by atoms with Crippen LogP contribution in [-0.2, 0) is 27.7 Å². The molecule has 0 radical (unpaired) electrons. The van der Waals surface area contributed by atoms with Crippen molar-refractivity contribution in [2.24, 2.45) is 0 Å². The first-order valence-electron chi connectivity index (χ1n) is 11.8. The quantitative estimate of drug-likeness (QED) is 0.682. The minimum Gasteiger partial charge on any atom is -0.352 e. The van der Waals surface area contributed by atoms with Crippen molar-refractivity contribution in [3.05, 3.63) is 59.2 Å². The molecule has 1 heterocycles. The molecule has 33 heavy (non-hydrogen) atoms. The minimum absolute atomic E-state index is 0.0715. The second-order valence-corrected chi connectivity index (χ2v) is 10.9. The van der Waals surface area contributed by atoms with E-state index in [1.807, 2.05) is 6.07 Å². The second-order valence-electron chi connectivity index (χ2n) is 9.26. The van der Waals surface area contributed by atoms with Crippen molar-refractivity contribution < 1.29 is 18.0 Å². The van der Waals surface area contributed by atoms with Gasteiger partial charge in [-0.2, -0.15) is 0 Å². The van der Waals surface area contributed by atoms with E-state index in [0.717, 1.165) is 50.5 Å². The normalized spacial score (nSPS) is 20.2. The number of carbonyl (C=O) groups excluding carboxylic acids is 2. The molecule has 1 saturated carbocycles. The Morgan fingerprint density at radius 1 is 0.879 bits per heavy atom. The van der Waals surface area contributed by atoms with Gasteiger partial charge in [0.2, 0.25) is 5.91 Å². The Morgan fingerprint density at radius 2 is 1.61 bits per heavy atom. The van der Waals surface area contributed by atoms with Crippen molar-refractivity contribution >= 4 is 27.5 Å². The Morgan fingerprint density at radius 3 is 2.33 bits per heavy atom. The number of benzene rings is 2. The maximum absolute atomic E-state index is 13.0. The van der Waals surface area contributed by atoms with Gasteiger partial charge in [0, 0.05) is 23.8 Å². The van der Waals surface area contributed by atoms with Gasteiger partial charge in [-0.05, 0) is 98.9 Å². The molecule has 2 fully saturated rings. The Labute approximate surface area is 194 Å². The average molecular weight is 468 g/mol. The van der Waals surface area contributed by atoms with Crippen molar-refractivity contribution in [2.45, 2.75) is 68.3 Å². The van der Waals surface area contributed by atoms with E-state index in [1.54, 1.807) is 41.3 Å². The summed E-state index contributed by atoms with van der Waals surface area (Å²) in [5.41, 5.74) is 3.18. The first-order valence-corrected chi connectivity index (χ1v) is 13.2. The number of likely N-dealkylation sites (tertiary alicyclic amines) is 1. The van der Waals surface area contributed by atoms with Crippen LogP contribution in [0, 0.1) is 0 Å². The molecule has 2 aliphatic carbocycles. The molecule has 5 rings (SSSR count). The fourth-order valence-corrected chi connectivity index (χ4v) is 5.85. The van der Waals surface area contributed by atoms with Crippen LogP contribution in [0.2, 0.25) is 0 Å². The van der Waals surface area contributed by atoms with Crippen LogP contribution in [0.25, 0.3) is 0 Å². The zero-order valence-corrected chi connectivity index (χ0v) is 19.4. The number of amides is 2. The van der Waals surface area contributed by atoms with E-state index in [4.69, 9.17) is 0 Å². The van der Waals surface area contributed by atoms with Crippen LogP contribution in [0.3, 0.4) is 0 Å². The molecule has 0 aromatic heterocycles. The predicted octanol–water partition coefficient (Wildman–Crippen LogP) is 3.25. The summed E-state index contributed by atoms with van der Waals surface area (Å²) in [5.74, 6) is -0.273. The third-order valence-electron chi connectivity index (χ3n) is 6.75. The molecule has 2 amide bonds. The Hall–Kier alpha value is -2.87. The van der Waals surface area contributed by atoms with Gasteiger partial charge in [-0.25, -0.2) is 8.42 Å². The van der Waals surface area contributed by atoms with Gasteiger partial charge >= 0.3 is 0 Å². The van der Waals surface area contributed by atoms with Crippen LogP contribution in [0.4, 0.5) is 5.69 Å². The van der Waals surface area contributed by atoms with Crippen LogP contribution in [-0.4, -0.2) is 43.8 Å². The summed E-state index contributed by atoms with van der Waals surface area (Å²) in [4.78, 5) is 27.4. The van der Waals surface area contributed by atoms with Gasteiger partial charge < -0.3 is 10.2 Å². The van der Waals surface area contributed by atoms with Crippen LogP contribution in [0.1, 0.15) is 60.0 Å². The number of nitrogens with zero attached hydrogens (tertiary/aromatic N) is 1. The molecule has 0 bridgehead atoms. The van der Waals surface area contributed by atoms with E-state index in [2.05, 4.69) is 10.0 Å². The molecule has 174 valence electrons. The zero-order valence-electron chi connectivity index (χ0n) is 18.5. The van der Waals surface area contributed by atoms with Crippen molar-refractivity contribution in [1.82, 2.24) is 10.2 Å². The summed E-state index contributed by atoms with van der Waals surface area (Å²) in [6, 6.07) is 11.6. The van der Waals surface area contributed by atoms with E-state index >= 15 is 0 Å². The average Bonchev–Trinajstić information content (AvgIpc) is 3.49. The van der Waals surface area contributed by atoms with Gasteiger partial charge in [0.25, 0.3) is 15.9 Å². The summed E-state index contributed by atoms with van der Waals surface area (Å²) in [5, 5.41) is 2.99. The van der Waals surface area contributed by atoms with Gasteiger partial charge in [-0.1, -0.05) is 6.07 Å². The molecule has 2 aromatic rings. The Balaban J connectivity index is 1.27. The molecule has 3 aliphatic rings. The van der Waals surface area contributed by atoms with Crippen molar-refractivity contribution in [3.63, 3.8) is 0 Å². The van der Waals surface area contributed by atoms with E-state index in [-0.39, 0.29) is 22.8 Å². The topological polar surface area (TPSA) is 95.6 Å². The maximum atomic E-state index is 13.0. The third kappa shape index (κ3) is 4.76. The van der Waals surface area contributed by atoms with Crippen LogP contribution >= 0.6 is 0 Å². The highest BCUT2D eigenvalue weighted by Crippen LogP contribution is 2.27. The number of sulfonamides is 1. The SMILES string of the molecule is O=C(NC1CC1)C1CCCN1C(=O)c1ccc(NS(=O)(=O)c2ccc3c(c2)CCCC3)cc1. The van der Waals surface area contributed by atoms with Crippen molar-refractivity contribution in [1.29, 1.82) is 0 Å². The molecule has 7 nitrogen and oxygen atoms in total. The van der Waals surface area contributed by atoms with Crippen molar-refractivity contribution in [3.8, 4) is 0 Å². The van der Waals surface area contributed by atoms with Gasteiger partial charge in [0.15, 0.2) is 0 Å². The van der Waals surface area contributed by atoms with Crippen LogP contribution in [0.15, 0.2) is 47.4 Å². The number of hydrogen-bond acceptors (Lipinski definition) is 4. The third-order valence-corrected chi connectivity index (χ3v) is 8.13. The largest absolute Gasteiger partial charge is 0.352 e. The smallest absolute Gasteiger partial charge is 0.261 e. The molecule has 0 spiro atoms. The first kappa shape index (κ1) is 21.9. The number of hydrogen-bond donors (Lipinski definition) is 2. The first-order chi connectivity index (χ1) is 15.9. The maximum Gasteiger partial charge on any atom is 0.261 e. The number of fused-ring (bicyclic) bond motifs is 1. The Bertz CT molecular complexity index is 1170. The lowest BCUT2D eigenvalue weighted by Crippen LogP contribution is -2.46. The summed E-state index contributed by atoms with van der Waals surface area (Å²) in [6.45, 7) is 0.550. The summed E-state index contributed by atoms with van der Waals surface area (Å²) >= 11 is 0. The molecule has 2 aromatic carbocycles. The van der Waals surface area contributed by atoms with Gasteiger partial charge in [0.1, 0.15) is 6.04 Å². The highest BCUT2D eigenvalue weighted by molar-refractivity contribution is 7.92. The van der Waals surface area contributed by atoms with E-state index < -0.39 is 16.1 Å². The molecule has 1 atom stereocenters. The van der Waals surface area contributed by atoms with Crippen LogP contribution in [0.5, 0.6) is 0 Å². The lowest BCUT2D eigenvalue weighted by Gasteiger charge is -2.24. The summed E-state index contributed by atoms with van der Waals surface area (Å²) < 4.78 is 28.4. The van der Waals surface area contributed by atoms with Crippen LogP contribution < -0.4 is 10.0 Å². The predicted molar refractivity (Wildman–Crippen MR) is 126 cm³/mol. The van der Waals surface area contributed by atoms with E-state index in [1.165, 1.54) is 5.56 Å². The molecule has 8 heteroatoms. The molecular weight excluding hydrogens is 438 g/mol. The van der Waals surface area contributed by atoms with E-state index in [9.17, 15) is 18.0 Å². The fraction of sp³-hybridized carbons (Fsp3) is 0.440. The number of aryl methyl sites for hydroxylation is 2. The monoisotopic (exact) mass is 467 g/mol. The molecule has 1 saturated heterocycles. The number of nitrogens with one attached hydrogen (secondary N) is 2. The standard InChI is InChI=1S/C25H29N3O4S/c29-24(26-20-12-13-20)23-6-3-15-28(23)25(30)18-7-10-21(11-8-18)27-33(31,32)22-14-9-17-4-1-2-5-19(17)16-22/h7-11,14,16,20,23,27H,1-6,12-13,15H2,(H,26,29). The molecular formula is C25H29N3O4S. The van der Waals surface area contributed by atoms with Gasteiger partial charge in [-0.15, -0.1) is 0 Å². The zero-order chi connectivity index (χ0) is 23.0.